The second-order valence-electron chi connectivity index (χ2n) is 7.07. The van der Waals surface area contributed by atoms with Gasteiger partial charge in [-0.15, -0.1) is 0 Å². The first-order valence-electron chi connectivity index (χ1n) is 7.56. The maximum Gasteiger partial charge on any atom is 0.443 e. The summed E-state index contributed by atoms with van der Waals surface area (Å²) in [5.74, 6) is -44.5. The van der Waals surface area contributed by atoms with Gasteiger partial charge in [0, 0.05) is 13.8 Å². The molecule has 0 spiro atoms. The van der Waals surface area contributed by atoms with Crippen molar-refractivity contribution in [2.24, 2.45) is 0 Å². The fourth-order valence-corrected chi connectivity index (χ4v) is 3.03. The minimum atomic E-state index is -7.40. The molecule has 0 amide bonds. The third kappa shape index (κ3) is 2.63. The fourth-order valence-electron chi connectivity index (χ4n) is 3.03. The molecule has 2 heterocycles. The summed E-state index contributed by atoms with van der Waals surface area (Å²) >= 11 is 0. The molecule has 0 N–H and O–H groups in total. The highest BCUT2D eigenvalue weighted by Gasteiger charge is 3.02. The Hall–Kier alpha value is -1.17. The number of ether oxygens (including phenoxy) is 3. The van der Waals surface area contributed by atoms with E-state index in [2.05, 4.69) is 14.2 Å². The van der Waals surface area contributed by atoms with Crippen molar-refractivity contribution >= 4 is 0 Å². The predicted octanol–water partition coefficient (Wildman–Crippen LogP) is 5.59. The predicted molar refractivity (Wildman–Crippen MR) is 64.2 cm³/mol. The lowest BCUT2D eigenvalue weighted by Gasteiger charge is -2.44. The molecule has 0 aliphatic carbocycles. The maximum atomic E-state index is 14.8. The number of halogens is 15. The van der Waals surface area contributed by atoms with E-state index in [9.17, 15) is 65.9 Å². The van der Waals surface area contributed by atoms with Gasteiger partial charge >= 0.3 is 41.5 Å². The van der Waals surface area contributed by atoms with Crippen molar-refractivity contribution in [2.75, 3.05) is 0 Å². The van der Waals surface area contributed by atoms with Crippen LogP contribution in [0, 0.1) is 0 Å². The summed E-state index contributed by atoms with van der Waals surface area (Å²) < 4.78 is 216. The molecule has 3 nitrogen and oxygen atoms in total. The summed E-state index contributed by atoms with van der Waals surface area (Å²) in [6.07, 6.45) is -13.0. The molecular formula is C13H9F15O3. The van der Waals surface area contributed by atoms with Crippen molar-refractivity contribution in [3.63, 3.8) is 0 Å². The average molecular weight is 498 g/mol. The monoisotopic (exact) mass is 498 g/mol. The van der Waals surface area contributed by atoms with Gasteiger partial charge < -0.3 is 4.74 Å². The lowest BCUT2D eigenvalue weighted by Crippen LogP contribution is -2.76. The third-order valence-corrected chi connectivity index (χ3v) is 4.73. The molecule has 184 valence electrons. The quantitative estimate of drug-likeness (QED) is 0.476. The summed E-state index contributed by atoms with van der Waals surface area (Å²) in [6, 6.07) is 0. The van der Waals surface area contributed by atoms with Gasteiger partial charge in [0.05, 0.1) is 0 Å². The number of alkyl halides is 15. The third-order valence-electron chi connectivity index (χ3n) is 4.73. The summed E-state index contributed by atoms with van der Waals surface area (Å²) in [5.41, 5.74) is -7.17. The molecule has 2 aliphatic rings. The van der Waals surface area contributed by atoms with Gasteiger partial charge in [-0.1, -0.05) is 0 Å². The SMILES string of the molecule is CC(F)(F)C1(F)C(F)(F)C(F)(F)OC1(F)C(F)(F)C1(F)OC(C)(C(F)(F)F)OC1(C)F. The van der Waals surface area contributed by atoms with Crippen molar-refractivity contribution < 1.29 is 80.1 Å². The molecule has 18 heteroatoms. The standard InChI is InChI=1S/C13H9F15O3/c1-4(14,15)7(17)8(18,19)13(27,28)31-11(7,23)9(20,21)10(22)5(2,16)29-6(3,30-10)12(24,25)26/h1-3H3. The topological polar surface area (TPSA) is 27.7 Å². The van der Waals surface area contributed by atoms with E-state index >= 15 is 0 Å². The highest BCUT2D eigenvalue weighted by molar-refractivity contribution is 5.26. The Morgan fingerprint density at radius 1 is 0.613 bits per heavy atom. The highest BCUT2D eigenvalue weighted by Crippen LogP contribution is 2.72. The lowest BCUT2D eigenvalue weighted by atomic mass is 9.79. The molecule has 0 aromatic rings. The molecule has 31 heavy (non-hydrogen) atoms. The van der Waals surface area contributed by atoms with Crippen LogP contribution in [0.15, 0.2) is 0 Å². The van der Waals surface area contributed by atoms with Crippen LogP contribution in [-0.4, -0.2) is 59.1 Å². The minimum Gasteiger partial charge on any atom is -0.300 e. The van der Waals surface area contributed by atoms with E-state index in [1.807, 2.05) is 0 Å². The molecule has 2 aliphatic heterocycles. The Morgan fingerprint density at radius 2 is 1.03 bits per heavy atom. The minimum absolute atomic E-state index is 0.497. The van der Waals surface area contributed by atoms with E-state index in [1.54, 1.807) is 0 Å². The van der Waals surface area contributed by atoms with Crippen molar-refractivity contribution in [1.29, 1.82) is 0 Å². The van der Waals surface area contributed by atoms with Crippen molar-refractivity contribution in [3.05, 3.63) is 0 Å². The zero-order valence-corrected chi connectivity index (χ0v) is 14.9. The smallest absolute Gasteiger partial charge is 0.300 e. The molecule has 0 aromatic heterocycles. The van der Waals surface area contributed by atoms with Crippen LogP contribution in [-0.2, 0) is 14.2 Å². The summed E-state index contributed by atoms with van der Waals surface area (Å²) in [4.78, 5) is 0. The van der Waals surface area contributed by atoms with Gasteiger partial charge in [0.1, 0.15) is 0 Å². The van der Waals surface area contributed by atoms with Gasteiger partial charge in [0.2, 0.25) is 0 Å². The molecular weight excluding hydrogens is 489 g/mol. The van der Waals surface area contributed by atoms with E-state index in [0.29, 0.717) is 0 Å². The summed E-state index contributed by atoms with van der Waals surface area (Å²) in [5, 5.41) is 0. The Bertz CT molecular complexity index is 760. The Morgan fingerprint density at radius 3 is 1.35 bits per heavy atom. The van der Waals surface area contributed by atoms with Crippen LogP contribution in [0.5, 0.6) is 0 Å². The van der Waals surface area contributed by atoms with Gasteiger partial charge in [-0.25, -0.2) is 22.0 Å². The number of rotatable bonds is 3. The number of hydrogen-bond acceptors (Lipinski definition) is 3. The van der Waals surface area contributed by atoms with Crippen molar-refractivity contribution in [2.45, 2.75) is 79.8 Å². The molecule has 5 atom stereocenters. The molecule has 0 radical (unpaired) electrons. The molecule has 2 saturated heterocycles. The van der Waals surface area contributed by atoms with Crippen molar-refractivity contribution in [3.8, 4) is 0 Å². The summed E-state index contributed by atoms with van der Waals surface area (Å²) in [6.45, 7) is -2.30. The highest BCUT2D eigenvalue weighted by atomic mass is 19.4. The normalized spacial score (nSPS) is 45.9. The Kier molecular flexibility index (Phi) is 4.91. The van der Waals surface area contributed by atoms with E-state index in [4.69, 9.17) is 0 Å². The molecule has 0 aromatic carbocycles. The van der Waals surface area contributed by atoms with Gasteiger partial charge in [0.15, 0.2) is 0 Å². The Balaban J connectivity index is 2.84. The molecule has 5 unspecified atom stereocenters. The van der Waals surface area contributed by atoms with Gasteiger partial charge in [-0.2, -0.15) is 43.9 Å². The van der Waals surface area contributed by atoms with Crippen LogP contribution in [0.4, 0.5) is 65.9 Å². The zero-order chi connectivity index (χ0) is 25.1. The number of hydrogen-bond donors (Lipinski definition) is 0. The van der Waals surface area contributed by atoms with Crippen LogP contribution >= 0.6 is 0 Å². The molecule has 2 fully saturated rings. The van der Waals surface area contributed by atoms with Crippen molar-refractivity contribution in [1.82, 2.24) is 0 Å². The second-order valence-corrected chi connectivity index (χ2v) is 7.07. The first-order chi connectivity index (χ1) is 13.1. The fraction of sp³-hybridized carbons (Fsp3) is 1.00. The van der Waals surface area contributed by atoms with Crippen LogP contribution in [0.1, 0.15) is 20.8 Å². The van der Waals surface area contributed by atoms with Gasteiger partial charge in [-0.05, 0) is 6.92 Å². The molecule has 0 saturated carbocycles. The maximum absolute atomic E-state index is 14.8. The van der Waals surface area contributed by atoms with E-state index < -0.39 is 79.8 Å². The van der Waals surface area contributed by atoms with Gasteiger partial charge in [0.25, 0.3) is 17.6 Å². The second kappa shape index (κ2) is 5.84. The van der Waals surface area contributed by atoms with Crippen LogP contribution in [0.3, 0.4) is 0 Å². The lowest BCUT2D eigenvalue weighted by molar-refractivity contribution is -0.445. The largest absolute Gasteiger partial charge is 0.443 e. The van der Waals surface area contributed by atoms with E-state index in [-0.39, 0.29) is 0 Å². The van der Waals surface area contributed by atoms with Crippen LogP contribution in [0.2, 0.25) is 0 Å². The summed E-state index contributed by atoms with van der Waals surface area (Å²) in [7, 11) is 0. The molecule has 0 bridgehead atoms. The van der Waals surface area contributed by atoms with Crippen LogP contribution < -0.4 is 0 Å². The first-order valence-corrected chi connectivity index (χ1v) is 7.56. The molecule has 2 rings (SSSR count). The average Bonchev–Trinajstić information content (AvgIpc) is 2.76. The van der Waals surface area contributed by atoms with E-state index in [0.717, 1.165) is 0 Å². The van der Waals surface area contributed by atoms with Gasteiger partial charge in [-0.3, -0.25) is 9.47 Å². The zero-order valence-electron chi connectivity index (χ0n) is 14.9. The Labute approximate surface area is 161 Å². The van der Waals surface area contributed by atoms with E-state index in [1.165, 1.54) is 0 Å². The van der Waals surface area contributed by atoms with Crippen LogP contribution in [0.25, 0.3) is 0 Å². The first kappa shape index (κ1) is 26.1.